The zero-order chi connectivity index (χ0) is 17.4. The molecular weight excluding hydrogens is 338 g/mol. The van der Waals surface area contributed by atoms with Crippen LogP contribution in [0.4, 0.5) is 0 Å². The van der Waals surface area contributed by atoms with E-state index in [9.17, 15) is 15.4 Å². The summed E-state index contributed by atoms with van der Waals surface area (Å²) in [6.45, 7) is 3.68. The van der Waals surface area contributed by atoms with Crippen molar-refractivity contribution in [3.8, 4) is 0 Å². The Morgan fingerprint density at radius 3 is 2.72 bits per heavy atom. The molecule has 0 radical (unpaired) electrons. The fraction of sp³-hybridized carbons (Fsp3) is 0.929. The van der Waals surface area contributed by atoms with Crippen molar-refractivity contribution in [2.75, 3.05) is 6.61 Å². The van der Waals surface area contributed by atoms with Gasteiger partial charge in [-0.05, 0) is 13.8 Å². The predicted molar refractivity (Wildman–Crippen MR) is 74.9 cm³/mol. The van der Waals surface area contributed by atoms with Gasteiger partial charge < -0.3 is 39.2 Å². The minimum atomic E-state index is -2.05. The van der Waals surface area contributed by atoms with E-state index in [1.165, 1.54) is 0 Å². The van der Waals surface area contributed by atoms with Gasteiger partial charge in [-0.1, -0.05) is 0 Å². The Hall–Kier alpha value is -1.05. The Morgan fingerprint density at radius 2 is 2.04 bits per heavy atom. The molecule has 7 bridgehead atoms. The van der Waals surface area contributed by atoms with E-state index in [2.05, 4.69) is 10.3 Å². The number of nitrogens with zero attached hydrogens (tertiary/aromatic N) is 1. The number of guanidine groups is 1. The molecule has 11 heteroatoms. The van der Waals surface area contributed by atoms with Crippen molar-refractivity contribution < 1.29 is 39.1 Å². The SMILES string of the molecule is CC1(C)OCC2(O1)C1OC3(O)OC2[C@H](O)C24NC(NO)=NC(O[C@H]32)C14. The fourth-order valence-corrected chi connectivity index (χ4v) is 5.56. The second-order valence-corrected chi connectivity index (χ2v) is 7.98. The first kappa shape index (κ1) is 15.1. The fourth-order valence-electron chi connectivity index (χ4n) is 5.56. The molecule has 6 fully saturated rings. The lowest BCUT2D eigenvalue weighted by atomic mass is 9.56. The number of ether oxygens (including phenoxy) is 5. The summed E-state index contributed by atoms with van der Waals surface area (Å²) >= 11 is 0. The van der Waals surface area contributed by atoms with Gasteiger partial charge in [0, 0.05) is 0 Å². The predicted octanol–water partition coefficient (Wildman–Crippen LogP) is -2.66. The van der Waals surface area contributed by atoms with Crippen molar-refractivity contribution >= 4 is 5.96 Å². The quantitative estimate of drug-likeness (QED) is 0.292. The first-order valence-electron chi connectivity index (χ1n) is 8.27. The zero-order valence-electron chi connectivity index (χ0n) is 13.5. The maximum absolute atomic E-state index is 11.2. The van der Waals surface area contributed by atoms with Gasteiger partial charge in [-0.3, -0.25) is 5.21 Å². The van der Waals surface area contributed by atoms with E-state index in [4.69, 9.17) is 23.7 Å². The molecule has 25 heavy (non-hydrogen) atoms. The average Bonchev–Trinajstić information content (AvgIpc) is 2.93. The molecule has 138 valence electrons. The first-order chi connectivity index (χ1) is 11.8. The van der Waals surface area contributed by atoms with E-state index in [1.807, 2.05) is 5.48 Å². The van der Waals surface area contributed by atoms with Crippen molar-refractivity contribution in [3.05, 3.63) is 0 Å². The van der Waals surface area contributed by atoms with Gasteiger partial charge in [0.2, 0.25) is 5.96 Å². The second-order valence-electron chi connectivity index (χ2n) is 7.98. The molecular formula is C14H19N3O8. The Kier molecular flexibility index (Phi) is 2.37. The summed E-state index contributed by atoms with van der Waals surface area (Å²) < 4.78 is 29.4. The van der Waals surface area contributed by atoms with E-state index < -0.39 is 59.5 Å². The molecule has 0 aromatic carbocycles. The molecule has 0 amide bonds. The number of rotatable bonds is 0. The number of nitrogens with one attached hydrogen (secondary N) is 2. The lowest BCUT2D eigenvalue weighted by molar-refractivity contribution is -0.528. The number of aliphatic hydroxyl groups is 2. The Bertz CT molecular complexity index is 704. The van der Waals surface area contributed by atoms with Crippen LogP contribution in [0.3, 0.4) is 0 Å². The molecule has 7 rings (SSSR count). The van der Waals surface area contributed by atoms with E-state index in [1.54, 1.807) is 13.8 Å². The van der Waals surface area contributed by atoms with Crippen LogP contribution in [0.25, 0.3) is 0 Å². The molecule has 7 unspecified atom stereocenters. The Balaban J connectivity index is 1.55. The highest BCUT2D eigenvalue weighted by atomic mass is 16.9. The van der Waals surface area contributed by atoms with Gasteiger partial charge in [-0.2, -0.15) is 0 Å². The average molecular weight is 357 g/mol. The van der Waals surface area contributed by atoms with Gasteiger partial charge in [0.1, 0.15) is 23.9 Å². The summed E-state index contributed by atoms with van der Waals surface area (Å²) in [4.78, 5) is 4.26. The molecule has 6 aliphatic heterocycles. The van der Waals surface area contributed by atoms with Crippen LogP contribution in [0.15, 0.2) is 4.99 Å². The second kappa shape index (κ2) is 3.94. The van der Waals surface area contributed by atoms with Gasteiger partial charge in [0.15, 0.2) is 23.7 Å². The third-order valence-corrected chi connectivity index (χ3v) is 6.33. The van der Waals surface area contributed by atoms with Gasteiger partial charge in [0.25, 0.3) is 0 Å². The van der Waals surface area contributed by atoms with Crippen LogP contribution in [0, 0.1) is 5.92 Å². The van der Waals surface area contributed by atoms with Crippen LogP contribution in [0.1, 0.15) is 13.8 Å². The lowest BCUT2D eigenvalue weighted by Gasteiger charge is -2.68. The van der Waals surface area contributed by atoms with E-state index in [0.29, 0.717) is 0 Å². The van der Waals surface area contributed by atoms with Crippen molar-refractivity contribution in [2.24, 2.45) is 10.9 Å². The van der Waals surface area contributed by atoms with Crippen LogP contribution >= 0.6 is 0 Å². The lowest BCUT2D eigenvalue weighted by Crippen LogP contribution is -2.92. The van der Waals surface area contributed by atoms with E-state index in [-0.39, 0.29) is 12.6 Å². The number of hydrogen-bond acceptors (Lipinski definition) is 11. The van der Waals surface area contributed by atoms with Crippen molar-refractivity contribution in [2.45, 2.75) is 67.4 Å². The van der Waals surface area contributed by atoms with Crippen LogP contribution in [-0.2, 0) is 23.7 Å². The van der Waals surface area contributed by atoms with Crippen molar-refractivity contribution in [1.82, 2.24) is 10.8 Å². The summed E-state index contributed by atoms with van der Waals surface area (Å²) in [7, 11) is 0. The molecule has 2 spiro atoms. The minimum absolute atomic E-state index is 0.0614. The van der Waals surface area contributed by atoms with Gasteiger partial charge in [-0.15, -0.1) is 0 Å². The molecule has 1 saturated carbocycles. The Morgan fingerprint density at radius 1 is 1.28 bits per heavy atom. The largest absolute Gasteiger partial charge is 0.388 e. The van der Waals surface area contributed by atoms with Crippen LogP contribution in [0.2, 0.25) is 0 Å². The summed E-state index contributed by atoms with van der Waals surface area (Å²) in [6, 6.07) is 0. The minimum Gasteiger partial charge on any atom is -0.388 e. The van der Waals surface area contributed by atoms with Crippen LogP contribution < -0.4 is 10.8 Å². The number of hydrogen-bond donors (Lipinski definition) is 5. The third kappa shape index (κ3) is 1.40. The van der Waals surface area contributed by atoms with Crippen LogP contribution in [-0.4, -0.2) is 81.5 Å². The maximum Gasteiger partial charge on any atom is 0.311 e. The molecule has 11 nitrogen and oxygen atoms in total. The maximum atomic E-state index is 11.2. The highest BCUT2D eigenvalue weighted by molar-refractivity contribution is 5.81. The van der Waals surface area contributed by atoms with Gasteiger partial charge >= 0.3 is 5.97 Å². The topological polar surface area (TPSA) is 143 Å². The smallest absolute Gasteiger partial charge is 0.311 e. The monoisotopic (exact) mass is 357 g/mol. The molecule has 0 aromatic heterocycles. The highest BCUT2D eigenvalue weighted by Crippen LogP contribution is 2.65. The molecule has 1 aliphatic carbocycles. The van der Waals surface area contributed by atoms with Crippen LogP contribution in [0.5, 0.6) is 0 Å². The summed E-state index contributed by atoms with van der Waals surface area (Å²) in [5.74, 6) is -3.33. The first-order valence-corrected chi connectivity index (χ1v) is 8.27. The summed E-state index contributed by atoms with van der Waals surface area (Å²) in [5.41, 5.74) is -0.264. The molecule has 5 saturated heterocycles. The number of aliphatic imine (C=N–C) groups is 1. The summed E-state index contributed by atoms with van der Waals surface area (Å²) in [5, 5.41) is 34.4. The molecule has 0 aromatic rings. The van der Waals surface area contributed by atoms with Gasteiger partial charge in [0.05, 0.1) is 12.5 Å². The Labute approximate surface area is 141 Å². The third-order valence-electron chi connectivity index (χ3n) is 6.33. The molecule has 5 N–H and O–H groups in total. The van der Waals surface area contributed by atoms with E-state index in [0.717, 1.165) is 0 Å². The van der Waals surface area contributed by atoms with Gasteiger partial charge in [-0.25, -0.2) is 10.5 Å². The summed E-state index contributed by atoms with van der Waals surface area (Å²) in [6.07, 6.45) is -4.45. The standard InChI is InChI=1S/C14H19N3O8/c1-11(2)21-3-12(25-11)6-4-8-15-10(17-20)16-13(4)5(18)7(12)24-14(19,23-6)9(13)22-8/h4-9,18-20H,3H2,1-2H3,(H2,15,16,17)/t4?,5-,6?,7?,8?,9-,12?,13?,14?/m0/s1. The molecule has 6 heterocycles. The number of hydroxylamine groups is 1. The van der Waals surface area contributed by atoms with Crippen molar-refractivity contribution in [1.29, 1.82) is 0 Å². The zero-order valence-corrected chi connectivity index (χ0v) is 13.5. The number of aliphatic hydroxyl groups excluding tert-OH is 1. The van der Waals surface area contributed by atoms with Crippen molar-refractivity contribution in [3.63, 3.8) is 0 Å². The van der Waals surface area contributed by atoms with E-state index >= 15 is 0 Å². The molecule has 7 aliphatic rings. The molecule has 9 atom stereocenters. The highest BCUT2D eigenvalue weighted by Gasteiger charge is 2.88. The normalized spacial score (nSPS) is 62.2.